The lowest BCUT2D eigenvalue weighted by molar-refractivity contribution is 0.135. The van der Waals surface area contributed by atoms with Gasteiger partial charge in [0.15, 0.2) is 0 Å². The summed E-state index contributed by atoms with van der Waals surface area (Å²) < 4.78 is 0. The summed E-state index contributed by atoms with van der Waals surface area (Å²) in [6, 6.07) is 0.564. The van der Waals surface area contributed by atoms with Crippen molar-refractivity contribution in [1.82, 2.24) is 9.80 Å². The molecule has 6 nitrogen and oxygen atoms in total. The molecule has 0 aromatic rings. The molecule has 0 bridgehead atoms. The minimum absolute atomic E-state index is 0.225. The molecule has 3 atom stereocenters. The average Bonchev–Trinajstić information content (AvgIpc) is 2.65. The Balaban J connectivity index is 2.69. The van der Waals surface area contributed by atoms with Gasteiger partial charge in [-0.2, -0.15) is 0 Å². The lowest BCUT2D eigenvalue weighted by Gasteiger charge is -2.33. The zero-order valence-electron chi connectivity index (χ0n) is 11.6. The van der Waals surface area contributed by atoms with Crippen molar-refractivity contribution >= 4 is 5.84 Å². The lowest BCUT2D eigenvalue weighted by atomic mass is 10.1. The fraction of sp³-hybridized carbons (Fsp3) is 0.917. The number of oxime groups is 1. The molecule has 3 unspecified atom stereocenters. The van der Waals surface area contributed by atoms with E-state index in [4.69, 9.17) is 10.9 Å². The van der Waals surface area contributed by atoms with Crippen LogP contribution in [0.1, 0.15) is 26.2 Å². The average molecular weight is 258 g/mol. The maximum Gasteiger partial charge on any atom is 0.140 e. The molecule has 1 rings (SSSR count). The van der Waals surface area contributed by atoms with Crippen LogP contribution in [0.4, 0.5) is 0 Å². The third-order valence-electron chi connectivity index (χ3n) is 3.52. The number of nitrogens with zero attached hydrogens (tertiary/aromatic N) is 3. The molecular formula is C12H26N4O2. The zero-order chi connectivity index (χ0) is 13.7. The van der Waals surface area contributed by atoms with Crippen LogP contribution in [0.5, 0.6) is 0 Å². The van der Waals surface area contributed by atoms with Gasteiger partial charge >= 0.3 is 0 Å². The molecule has 18 heavy (non-hydrogen) atoms. The normalized spacial score (nSPS) is 27.9. The first-order chi connectivity index (χ1) is 8.47. The molecule has 0 aliphatic carbocycles. The second-order valence-electron chi connectivity index (χ2n) is 5.36. The molecule has 0 spiro atoms. The van der Waals surface area contributed by atoms with Crippen molar-refractivity contribution in [3.63, 3.8) is 0 Å². The van der Waals surface area contributed by atoms with Crippen molar-refractivity contribution < 1.29 is 10.3 Å². The van der Waals surface area contributed by atoms with Gasteiger partial charge in [-0.3, -0.25) is 4.90 Å². The highest BCUT2D eigenvalue weighted by molar-refractivity contribution is 5.80. The molecule has 1 saturated heterocycles. The topological polar surface area (TPSA) is 85.3 Å². The second-order valence-corrected chi connectivity index (χ2v) is 5.36. The summed E-state index contributed by atoms with van der Waals surface area (Å²) in [5.41, 5.74) is 5.60. The van der Waals surface area contributed by atoms with E-state index in [1.165, 1.54) is 0 Å². The monoisotopic (exact) mass is 258 g/mol. The molecule has 1 heterocycles. The molecule has 1 fully saturated rings. The first kappa shape index (κ1) is 15.2. The fourth-order valence-electron chi connectivity index (χ4n) is 2.74. The summed E-state index contributed by atoms with van der Waals surface area (Å²) in [6.45, 7) is 3.69. The molecule has 0 radical (unpaired) electrons. The summed E-state index contributed by atoms with van der Waals surface area (Å²) in [6.07, 6.45) is 2.00. The predicted molar refractivity (Wildman–Crippen MR) is 71.8 cm³/mol. The Morgan fingerprint density at radius 3 is 2.72 bits per heavy atom. The largest absolute Gasteiger partial charge is 0.409 e. The van der Waals surface area contributed by atoms with E-state index < -0.39 is 0 Å². The van der Waals surface area contributed by atoms with Crippen LogP contribution < -0.4 is 5.73 Å². The Labute approximate surface area is 109 Å². The quantitative estimate of drug-likeness (QED) is 0.268. The van der Waals surface area contributed by atoms with Crippen LogP contribution in [0.2, 0.25) is 0 Å². The smallest absolute Gasteiger partial charge is 0.140 e. The summed E-state index contributed by atoms with van der Waals surface area (Å²) in [5.74, 6) is 0.256. The van der Waals surface area contributed by atoms with Gasteiger partial charge in [-0.25, -0.2) is 0 Å². The number of hydrogen-bond donors (Lipinski definition) is 3. The SMILES string of the molecule is CCC(CC(N)=NO)N1CC(O)CC1CN(C)C. The van der Waals surface area contributed by atoms with Crippen molar-refractivity contribution in [2.75, 3.05) is 27.2 Å². The zero-order valence-corrected chi connectivity index (χ0v) is 11.6. The minimum Gasteiger partial charge on any atom is -0.409 e. The molecule has 106 valence electrons. The number of hydrogen-bond acceptors (Lipinski definition) is 5. The second kappa shape index (κ2) is 6.92. The third-order valence-corrected chi connectivity index (χ3v) is 3.52. The Morgan fingerprint density at radius 1 is 1.56 bits per heavy atom. The molecule has 4 N–H and O–H groups in total. The first-order valence-corrected chi connectivity index (χ1v) is 6.52. The van der Waals surface area contributed by atoms with Crippen molar-refractivity contribution in [2.45, 2.75) is 44.4 Å². The van der Waals surface area contributed by atoms with Gasteiger partial charge in [0.2, 0.25) is 0 Å². The maximum atomic E-state index is 9.85. The van der Waals surface area contributed by atoms with Crippen LogP contribution in [-0.2, 0) is 0 Å². The van der Waals surface area contributed by atoms with E-state index in [2.05, 4.69) is 21.9 Å². The highest BCUT2D eigenvalue weighted by Crippen LogP contribution is 2.24. The number of likely N-dealkylation sites (tertiary alicyclic amines) is 1. The van der Waals surface area contributed by atoms with Crippen LogP contribution in [0, 0.1) is 0 Å². The molecule has 1 aliphatic heterocycles. The van der Waals surface area contributed by atoms with E-state index in [9.17, 15) is 5.11 Å². The van der Waals surface area contributed by atoms with E-state index in [1.807, 2.05) is 14.1 Å². The van der Waals surface area contributed by atoms with Gasteiger partial charge in [0, 0.05) is 31.6 Å². The van der Waals surface area contributed by atoms with Crippen molar-refractivity contribution in [2.24, 2.45) is 10.9 Å². The van der Waals surface area contributed by atoms with Crippen molar-refractivity contribution in [3.05, 3.63) is 0 Å². The van der Waals surface area contributed by atoms with E-state index in [0.29, 0.717) is 19.0 Å². The van der Waals surface area contributed by atoms with E-state index in [1.54, 1.807) is 0 Å². The number of aliphatic hydroxyl groups is 1. The fourth-order valence-corrected chi connectivity index (χ4v) is 2.74. The lowest BCUT2D eigenvalue weighted by Crippen LogP contribution is -2.45. The maximum absolute atomic E-state index is 9.85. The molecular weight excluding hydrogens is 232 g/mol. The van der Waals surface area contributed by atoms with Crippen molar-refractivity contribution in [3.8, 4) is 0 Å². The Kier molecular flexibility index (Phi) is 5.84. The summed E-state index contributed by atoms with van der Waals surface area (Å²) in [7, 11) is 4.07. The van der Waals surface area contributed by atoms with E-state index in [0.717, 1.165) is 19.4 Å². The van der Waals surface area contributed by atoms with Gasteiger partial charge in [-0.15, -0.1) is 0 Å². The number of likely N-dealkylation sites (N-methyl/N-ethyl adjacent to an activating group) is 1. The van der Waals surface area contributed by atoms with E-state index >= 15 is 0 Å². The van der Waals surface area contributed by atoms with E-state index in [-0.39, 0.29) is 18.0 Å². The summed E-state index contributed by atoms with van der Waals surface area (Å²) >= 11 is 0. The molecule has 6 heteroatoms. The summed E-state index contributed by atoms with van der Waals surface area (Å²) in [4.78, 5) is 4.43. The highest BCUT2D eigenvalue weighted by Gasteiger charge is 2.35. The van der Waals surface area contributed by atoms with Crippen LogP contribution in [0.3, 0.4) is 0 Å². The number of rotatable bonds is 6. The third kappa shape index (κ3) is 4.12. The Hall–Kier alpha value is -0.850. The van der Waals surface area contributed by atoms with Gasteiger partial charge < -0.3 is 20.9 Å². The Morgan fingerprint density at radius 2 is 2.22 bits per heavy atom. The van der Waals surface area contributed by atoms with Gasteiger partial charge in [-0.05, 0) is 26.9 Å². The Bertz CT molecular complexity index is 283. The first-order valence-electron chi connectivity index (χ1n) is 6.52. The van der Waals surface area contributed by atoms with Crippen LogP contribution in [0.15, 0.2) is 5.16 Å². The number of aliphatic hydroxyl groups excluding tert-OH is 1. The standard InChI is InChI=1S/C12H26N4O2/c1-4-9(6-12(13)14-18)16-8-11(17)5-10(16)7-15(2)3/h9-11,17-18H,4-8H2,1-3H3,(H2,13,14). The number of amidine groups is 1. The predicted octanol–water partition coefficient (Wildman–Crippen LogP) is -0.102. The van der Waals surface area contributed by atoms with Crippen LogP contribution in [-0.4, -0.2) is 71.3 Å². The molecule has 0 aromatic heterocycles. The number of nitrogens with two attached hydrogens (primary N) is 1. The van der Waals surface area contributed by atoms with Gasteiger partial charge in [0.05, 0.1) is 6.10 Å². The van der Waals surface area contributed by atoms with Gasteiger partial charge in [0.25, 0.3) is 0 Å². The van der Waals surface area contributed by atoms with Gasteiger partial charge in [0.1, 0.15) is 5.84 Å². The minimum atomic E-state index is -0.267. The molecule has 0 amide bonds. The molecule has 0 saturated carbocycles. The van der Waals surface area contributed by atoms with Gasteiger partial charge in [-0.1, -0.05) is 12.1 Å². The van der Waals surface area contributed by atoms with Crippen molar-refractivity contribution in [1.29, 1.82) is 0 Å². The summed E-state index contributed by atoms with van der Waals surface area (Å²) in [5, 5.41) is 21.6. The molecule has 0 aromatic carbocycles. The highest BCUT2D eigenvalue weighted by atomic mass is 16.4. The number of β-amino-alcohol motifs (C(OH)–C–C–N with tert-alkyl or cyclic N) is 1. The van der Waals surface area contributed by atoms with Crippen LogP contribution in [0.25, 0.3) is 0 Å². The molecule has 1 aliphatic rings. The van der Waals surface area contributed by atoms with Crippen LogP contribution >= 0.6 is 0 Å².